The van der Waals surface area contributed by atoms with Crippen LogP contribution in [0.3, 0.4) is 0 Å². The van der Waals surface area contributed by atoms with Crippen molar-refractivity contribution < 1.29 is 23.8 Å². The topological polar surface area (TPSA) is 61.8 Å². The molecule has 0 fully saturated rings. The van der Waals surface area contributed by atoms with Gasteiger partial charge in [0.05, 0.1) is 6.61 Å². The van der Waals surface area contributed by atoms with Crippen LogP contribution in [0.15, 0.2) is 36.5 Å². The molecule has 0 amide bonds. The maximum atomic E-state index is 12.6. The van der Waals surface area contributed by atoms with Gasteiger partial charge in [0.2, 0.25) is 0 Å². The van der Waals surface area contributed by atoms with Gasteiger partial charge in [-0.3, -0.25) is 9.59 Å². The summed E-state index contributed by atoms with van der Waals surface area (Å²) >= 11 is 0. The molecule has 0 aromatic rings. The molecule has 0 aliphatic heterocycles. The van der Waals surface area contributed by atoms with Crippen LogP contribution in [0.5, 0.6) is 0 Å². The van der Waals surface area contributed by atoms with E-state index in [1.165, 1.54) is 154 Å². The minimum Gasteiger partial charge on any atom is -0.462 e. The van der Waals surface area contributed by atoms with E-state index in [0.717, 1.165) is 64.2 Å². The van der Waals surface area contributed by atoms with Crippen LogP contribution in [0.1, 0.15) is 252 Å². The van der Waals surface area contributed by atoms with E-state index in [9.17, 15) is 9.59 Å². The van der Waals surface area contributed by atoms with Crippen LogP contribution >= 0.6 is 0 Å². The van der Waals surface area contributed by atoms with Crippen molar-refractivity contribution in [1.82, 2.24) is 0 Å². The standard InChI is InChI=1S/C51H94O5/c1-4-7-10-13-16-18-20-22-23-24-25-26-27-28-30-32-34-37-40-43-46-54-47-49(56-51(53)45-42-39-35-15-12-9-6-3)48-55-50(52)44-41-38-36-33-31-29-21-19-17-14-11-8-5-2/h8,11,17,19,29,31,49H,4-7,9-10,12-16,18,20-28,30,32-48H2,1-3H3/b11-8-,19-17-,31-29-. The van der Waals surface area contributed by atoms with Crippen LogP contribution in [0.2, 0.25) is 0 Å². The Hall–Kier alpha value is -1.88. The third-order valence-electron chi connectivity index (χ3n) is 10.7. The average molecular weight is 787 g/mol. The summed E-state index contributed by atoms with van der Waals surface area (Å²) in [6, 6.07) is 0. The number of hydrogen-bond donors (Lipinski definition) is 0. The predicted molar refractivity (Wildman–Crippen MR) is 242 cm³/mol. The predicted octanol–water partition coefficient (Wildman–Crippen LogP) is 16.2. The molecule has 0 aromatic carbocycles. The Labute approximate surface area is 349 Å². The number of carbonyl (C=O) groups is 2. The Morgan fingerprint density at radius 1 is 0.411 bits per heavy atom. The monoisotopic (exact) mass is 787 g/mol. The lowest BCUT2D eigenvalue weighted by atomic mass is 10.0. The molecule has 0 rings (SSSR count). The second-order valence-corrected chi connectivity index (χ2v) is 16.4. The van der Waals surface area contributed by atoms with Crippen LogP contribution in [0, 0.1) is 0 Å². The van der Waals surface area contributed by atoms with E-state index in [4.69, 9.17) is 14.2 Å². The van der Waals surface area contributed by atoms with Gasteiger partial charge in [0.25, 0.3) is 0 Å². The number of allylic oxidation sites excluding steroid dienone is 6. The van der Waals surface area contributed by atoms with E-state index in [-0.39, 0.29) is 25.2 Å². The zero-order valence-corrected chi connectivity index (χ0v) is 37.7. The number of ether oxygens (including phenoxy) is 3. The molecule has 0 N–H and O–H groups in total. The molecule has 0 aromatic heterocycles. The summed E-state index contributed by atoms with van der Waals surface area (Å²) in [5.74, 6) is -0.427. The second kappa shape index (κ2) is 47.5. The van der Waals surface area contributed by atoms with Crippen molar-refractivity contribution in [3.8, 4) is 0 Å². The summed E-state index contributed by atoms with van der Waals surface area (Å²) in [4.78, 5) is 25.1. The molecule has 0 spiro atoms. The van der Waals surface area contributed by atoms with Crippen molar-refractivity contribution in [2.75, 3.05) is 19.8 Å². The highest BCUT2D eigenvalue weighted by molar-refractivity contribution is 5.70. The quantitative estimate of drug-likeness (QED) is 0.0349. The van der Waals surface area contributed by atoms with Crippen molar-refractivity contribution >= 4 is 11.9 Å². The highest BCUT2D eigenvalue weighted by Gasteiger charge is 2.17. The summed E-state index contributed by atoms with van der Waals surface area (Å²) in [5, 5.41) is 0. The number of esters is 2. The van der Waals surface area contributed by atoms with Gasteiger partial charge in [-0.25, -0.2) is 0 Å². The normalized spacial score (nSPS) is 12.4. The number of hydrogen-bond acceptors (Lipinski definition) is 5. The van der Waals surface area contributed by atoms with Crippen LogP contribution in [-0.2, 0) is 23.8 Å². The maximum Gasteiger partial charge on any atom is 0.306 e. The van der Waals surface area contributed by atoms with Gasteiger partial charge in [0, 0.05) is 19.4 Å². The Balaban J connectivity index is 4.08. The summed E-state index contributed by atoms with van der Waals surface area (Å²) < 4.78 is 17.3. The summed E-state index contributed by atoms with van der Waals surface area (Å²) in [5.41, 5.74) is 0. The first-order valence-electron chi connectivity index (χ1n) is 24.5. The molecule has 0 heterocycles. The number of carbonyl (C=O) groups excluding carboxylic acids is 2. The molecule has 0 bridgehead atoms. The van der Waals surface area contributed by atoms with Gasteiger partial charge in [-0.15, -0.1) is 0 Å². The van der Waals surface area contributed by atoms with Gasteiger partial charge in [-0.05, 0) is 51.4 Å². The van der Waals surface area contributed by atoms with Crippen LogP contribution < -0.4 is 0 Å². The Morgan fingerprint density at radius 3 is 1.29 bits per heavy atom. The van der Waals surface area contributed by atoms with Crippen LogP contribution in [0.4, 0.5) is 0 Å². The highest BCUT2D eigenvalue weighted by Crippen LogP contribution is 2.16. The zero-order valence-electron chi connectivity index (χ0n) is 37.7. The van der Waals surface area contributed by atoms with Crippen molar-refractivity contribution in [2.24, 2.45) is 0 Å². The first-order chi connectivity index (χ1) is 27.6. The molecular formula is C51H94O5. The minimum atomic E-state index is -0.539. The van der Waals surface area contributed by atoms with Crippen LogP contribution in [0.25, 0.3) is 0 Å². The molecule has 0 aliphatic rings. The van der Waals surface area contributed by atoms with Gasteiger partial charge in [0.15, 0.2) is 6.10 Å². The Morgan fingerprint density at radius 2 is 0.804 bits per heavy atom. The smallest absolute Gasteiger partial charge is 0.306 e. The average Bonchev–Trinajstić information content (AvgIpc) is 3.20. The SMILES string of the molecule is CC/C=C\C/C=C\C/C=C\CCCCCC(=O)OCC(COCCCCCCCCCCCCCCCCCCCCCC)OC(=O)CCCCCCCCC. The van der Waals surface area contributed by atoms with E-state index in [0.29, 0.717) is 19.4 Å². The number of rotatable bonds is 45. The third-order valence-corrected chi connectivity index (χ3v) is 10.7. The fourth-order valence-corrected chi connectivity index (χ4v) is 7.05. The van der Waals surface area contributed by atoms with Crippen molar-refractivity contribution in [1.29, 1.82) is 0 Å². The van der Waals surface area contributed by atoms with Gasteiger partial charge >= 0.3 is 11.9 Å². The largest absolute Gasteiger partial charge is 0.462 e. The molecule has 56 heavy (non-hydrogen) atoms. The van der Waals surface area contributed by atoms with Crippen LogP contribution in [-0.4, -0.2) is 37.9 Å². The molecule has 328 valence electrons. The molecule has 5 nitrogen and oxygen atoms in total. The molecule has 1 unspecified atom stereocenters. The highest BCUT2D eigenvalue weighted by atomic mass is 16.6. The molecule has 0 aliphatic carbocycles. The fraction of sp³-hybridized carbons (Fsp3) is 0.843. The van der Waals surface area contributed by atoms with E-state index in [2.05, 4.69) is 57.2 Å². The maximum absolute atomic E-state index is 12.6. The lowest BCUT2D eigenvalue weighted by Crippen LogP contribution is -2.30. The summed E-state index contributed by atoms with van der Waals surface area (Å²) in [7, 11) is 0. The minimum absolute atomic E-state index is 0.0747. The number of unbranched alkanes of at least 4 members (excludes halogenated alkanes) is 28. The molecule has 0 radical (unpaired) electrons. The lowest BCUT2D eigenvalue weighted by molar-refractivity contribution is -0.163. The van der Waals surface area contributed by atoms with Crippen molar-refractivity contribution in [3.05, 3.63) is 36.5 Å². The zero-order chi connectivity index (χ0) is 40.7. The van der Waals surface area contributed by atoms with E-state index in [1.54, 1.807) is 0 Å². The van der Waals surface area contributed by atoms with Crippen molar-refractivity contribution in [2.45, 2.75) is 258 Å². The summed E-state index contributed by atoms with van der Waals surface area (Å²) in [6.45, 7) is 7.68. The van der Waals surface area contributed by atoms with Gasteiger partial charge in [-0.2, -0.15) is 0 Å². The first-order valence-corrected chi connectivity index (χ1v) is 24.5. The van der Waals surface area contributed by atoms with Gasteiger partial charge in [0.1, 0.15) is 6.61 Å². The molecule has 5 heteroatoms. The lowest BCUT2D eigenvalue weighted by Gasteiger charge is -2.18. The Kier molecular flexibility index (Phi) is 45.9. The van der Waals surface area contributed by atoms with E-state index < -0.39 is 6.10 Å². The van der Waals surface area contributed by atoms with E-state index in [1.807, 2.05) is 0 Å². The Bertz CT molecular complexity index is 893. The third kappa shape index (κ3) is 44.8. The van der Waals surface area contributed by atoms with E-state index >= 15 is 0 Å². The molecule has 0 saturated carbocycles. The van der Waals surface area contributed by atoms with Gasteiger partial charge in [-0.1, -0.05) is 224 Å². The van der Waals surface area contributed by atoms with Gasteiger partial charge < -0.3 is 14.2 Å². The molecular weight excluding hydrogens is 693 g/mol. The summed E-state index contributed by atoms with van der Waals surface area (Å²) in [6.07, 6.45) is 56.0. The molecule has 1 atom stereocenters. The fourth-order valence-electron chi connectivity index (χ4n) is 7.05. The molecule has 0 saturated heterocycles. The van der Waals surface area contributed by atoms with Crippen molar-refractivity contribution in [3.63, 3.8) is 0 Å². The second-order valence-electron chi connectivity index (χ2n) is 16.4. The first kappa shape index (κ1) is 54.1.